The normalized spacial score (nSPS) is 16.2. The van der Waals surface area contributed by atoms with Gasteiger partial charge in [0, 0.05) is 17.6 Å². The maximum absolute atomic E-state index is 11.7. The highest BCUT2D eigenvalue weighted by molar-refractivity contribution is 6.32. The molecular formula is C17H23ClN2O. The predicted molar refractivity (Wildman–Crippen MR) is 88.4 cm³/mol. The molecule has 3 nitrogen and oxygen atoms in total. The number of nitrogens with one attached hydrogen (secondary N) is 1. The fourth-order valence-electron chi connectivity index (χ4n) is 2.53. The van der Waals surface area contributed by atoms with Crippen molar-refractivity contribution in [1.29, 1.82) is 0 Å². The highest BCUT2D eigenvalue weighted by Crippen LogP contribution is 2.16. The van der Waals surface area contributed by atoms with Crippen LogP contribution in [0.15, 0.2) is 30.3 Å². The van der Waals surface area contributed by atoms with Crippen LogP contribution in [0, 0.1) is 0 Å². The van der Waals surface area contributed by atoms with Crippen molar-refractivity contribution in [2.45, 2.75) is 25.7 Å². The molecule has 1 aromatic carbocycles. The molecule has 1 aromatic rings. The van der Waals surface area contributed by atoms with Crippen LogP contribution in [0.3, 0.4) is 0 Å². The summed E-state index contributed by atoms with van der Waals surface area (Å²) in [6, 6.07) is 7.49. The second-order valence-electron chi connectivity index (χ2n) is 5.40. The molecule has 0 saturated carbocycles. The molecule has 1 heterocycles. The topological polar surface area (TPSA) is 32.3 Å². The molecule has 114 valence electrons. The summed E-state index contributed by atoms with van der Waals surface area (Å²) < 4.78 is 0. The highest BCUT2D eigenvalue weighted by atomic mass is 35.5. The molecule has 21 heavy (non-hydrogen) atoms. The molecule has 0 unspecified atom stereocenters. The van der Waals surface area contributed by atoms with E-state index < -0.39 is 0 Å². The number of halogens is 1. The SMILES string of the molecule is O=C(/C=C/c1ccccc1Cl)NCCCN1CCCCC1. The molecular weight excluding hydrogens is 284 g/mol. The van der Waals surface area contributed by atoms with Crippen LogP contribution in [-0.4, -0.2) is 37.0 Å². The molecule has 0 spiro atoms. The lowest BCUT2D eigenvalue weighted by Gasteiger charge is -2.26. The summed E-state index contributed by atoms with van der Waals surface area (Å²) in [5.74, 6) is -0.0615. The van der Waals surface area contributed by atoms with E-state index >= 15 is 0 Å². The molecule has 1 aliphatic rings. The zero-order chi connectivity index (χ0) is 14.9. The van der Waals surface area contributed by atoms with Gasteiger partial charge >= 0.3 is 0 Å². The minimum atomic E-state index is -0.0615. The van der Waals surface area contributed by atoms with Crippen LogP contribution in [-0.2, 0) is 4.79 Å². The molecule has 0 radical (unpaired) electrons. The molecule has 0 bridgehead atoms. The van der Waals surface area contributed by atoms with Gasteiger partial charge in [0.25, 0.3) is 0 Å². The molecule has 1 amide bonds. The Morgan fingerprint density at radius 1 is 1.24 bits per heavy atom. The van der Waals surface area contributed by atoms with Crippen LogP contribution >= 0.6 is 11.6 Å². The van der Waals surface area contributed by atoms with Crippen LogP contribution in [0.5, 0.6) is 0 Å². The molecule has 2 rings (SSSR count). The summed E-state index contributed by atoms with van der Waals surface area (Å²) in [5.41, 5.74) is 0.864. The lowest BCUT2D eigenvalue weighted by Crippen LogP contribution is -2.33. The average Bonchev–Trinajstić information content (AvgIpc) is 2.52. The van der Waals surface area contributed by atoms with E-state index in [1.54, 1.807) is 12.2 Å². The van der Waals surface area contributed by atoms with E-state index in [1.807, 2.05) is 24.3 Å². The number of benzene rings is 1. The average molecular weight is 307 g/mol. The second-order valence-corrected chi connectivity index (χ2v) is 5.81. The van der Waals surface area contributed by atoms with Crippen molar-refractivity contribution in [3.05, 3.63) is 40.9 Å². The Hall–Kier alpha value is -1.32. The predicted octanol–water partition coefficient (Wildman–Crippen LogP) is 3.35. The Morgan fingerprint density at radius 3 is 2.76 bits per heavy atom. The minimum Gasteiger partial charge on any atom is -0.353 e. The number of carbonyl (C=O) groups excluding carboxylic acids is 1. The van der Waals surface area contributed by atoms with Gasteiger partial charge in [0.1, 0.15) is 0 Å². The molecule has 1 N–H and O–H groups in total. The van der Waals surface area contributed by atoms with Gasteiger partial charge in [0.05, 0.1) is 0 Å². The molecule has 1 aliphatic heterocycles. The number of piperidine rings is 1. The van der Waals surface area contributed by atoms with Crippen LogP contribution in [0.2, 0.25) is 5.02 Å². The number of hydrogen-bond acceptors (Lipinski definition) is 2. The van der Waals surface area contributed by atoms with Gasteiger partial charge in [-0.1, -0.05) is 36.2 Å². The summed E-state index contributed by atoms with van der Waals surface area (Å²) in [6.07, 6.45) is 8.29. The van der Waals surface area contributed by atoms with E-state index in [0.29, 0.717) is 5.02 Å². The van der Waals surface area contributed by atoms with Crippen molar-refractivity contribution in [2.24, 2.45) is 0 Å². The first kappa shape index (κ1) is 16.1. The third-order valence-electron chi connectivity index (χ3n) is 3.72. The largest absolute Gasteiger partial charge is 0.353 e. The number of rotatable bonds is 6. The maximum Gasteiger partial charge on any atom is 0.244 e. The van der Waals surface area contributed by atoms with Crippen molar-refractivity contribution in [2.75, 3.05) is 26.2 Å². The number of nitrogens with zero attached hydrogens (tertiary/aromatic N) is 1. The highest BCUT2D eigenvalue weighted by Gasteiger charge is 2.08. The number of carbonyl (C=O) groups is 1. The van der Waals surface area contributed by atoms with Crippen LogP contribution in [0.1, 0.15) is 31.2 Å². The Bertz CT molecular complexity index is 481. The first-order chi connectivity index (χ1) is 10.3. The van der Waals surface area contributed by atoms with E-state index in [9.17, 15) is 4.79 Å². The van der Waals surface area contributed by atoms with Gasteiger partial charge in [-0.3, -0.25) is 4.79 Å². The third kappa shape index (κ3) is 5.90. The smallest absolute Gasteiger partial charge is 0.244 e. The van der Waals surface area contributed by atoms with Crippen molar-refractivity contribution < 1.29 is 4.79 Å². The molecule has 1 saturated heterocycles. The summed E-state index contributed by atoms with van der Waals surface area (Å²) >= 11 is 6.03. The van der Waals surface area contributed by atoms with Gasteiger partial charge in [-0.15, -0.1) is 0 Å². The maximum atomic E-state index is 11.7. The summed E-state index contributed by atoms with van der Waals surface area (Å²) in [4.78, 5) is 14.2. The molecule has 1 fully saturated rings. The summed E-state index contributed by atoms with van der Waals surface area (Å²) in [6.45, 7) is 4.22. The van der Waals surface area contributed by atoms with Gasteiger partial charge in [0.2, 0.25) is 5.91 Å². The Kier molecular flexibility index (Phi) is 6.77. The number of likely N-dealkylation sites (tertiary alicyclic amines) is 1. The molecule has 0 atom stereocenters. The van der Waals surface area contributed by atoms with Gasteiger partial charge < -0.3 is 10.2 Å². The summed E-state index contributed by atoms with van der Waals surface area (Å²) in [7, 11) is 0. The fourth-order valence-corrected chi connectivity index (χ4v) is 2.73. The van der Waals surface area contributed by atoms with Crippen molar-refractivity contribution in [3.63, 3.8) is 0 Å². The van der Waals surface area contributed by atoms with Gasteiger partial charge in [0.15, 0.2) is 0 Å². The van der Waals surface area contributed by atoms with E-state index in [2.05, 4.69) is 10.2 Å². The van der Waals surface area contributed by atoms with E-state index in [4.69, 9.17) is 11.6 Å². The third-order valence-corrected chi connectivity index (χ3v) is 4.06. The Labute approximate surface area is 132 Å². The van der Waals surface area contributed by atoms with Gasteiger partial charge in [-0.2, -0.15) is 0 Å². The standard InChI is InChI=1S/C17H23ClN2O/c18-16-8-3-2-7-15(16)9-10-17(21)19-11-6-14-20-12-4-1-5-13-20/h2-3,7-10H,1,4-6,11-14H2,(H,19,21)/b10-9+. The van der Waals surface area contributed by atoms with Gasteiger partial charge in [-0.25, -0.2) is 0 Å². The zero-order valence-electron chi connectivity index (χ0n) is 12.4. The van der Waals surface area contributed by atoms with Crippen molar-refractivity contribution >= 4 is 23.6 Å². The first-order valence-corrected chi connectivity index (χ1v) is 8.06. The molecule has 0 aliphatic carbocycles. The number of hydrogen-bond donors (Lipinski definition) is 1. The second kappa shape index (κ2) is 8.85. The van der Waals surface area contributed by atoms with Gasteiger partial charge in [-0.05, 0) is 56.6 Å². The first-order valence-electron chi connectivity index (χ1n) is 7.68. The lowest BCUT2D eigenvalue weighted by atomic mass is 10.1. The van der Waals surface area contributed by atoms with Crippen molar-refractivity contribution in [1.82, 2.24) is 10.2 Å². The fraction of sp³-hybridized carbons (Fsp3) is 0.471. The van der Waals surface area contributed by atoms with Crippen LogP contribution in [0.4, 0.5) is 0 Å². The van der Waals surface area contributed by atoms with Crippen LogP contribution < -0.4 is 5.32 Å². The minimum absolute atomic E-state index is 0.0615. The van der Waals surface area contributed by atoms with Crippen LogP contribution in [0.25, 0.3) is 6.08 Å². The zero-order valence-corrected chi connectivity index (χ0v) is 13.1. The van der Waals surface area contributed by atoms with Crippen molar-refractivity contribution in [3.8, 4) is 0 Å². The monoisotopic (exact) mass is 306 g/mol. The lowest BCUT2D eigenvalue weighted by molar-refractivity contribution is -0.116. The Morgan fingerprint density at radius 2 is 2.00 bits per heavy atom. The molecule has 0 aromatic heterocycles. The van der Waals surface area contributed by atoms with E-state index in [-0.39, 0.29) is 5.91 Å². The molecule has 4 heteroatoms. The Balaban J connectivity index is 1.64. The summed E-state index contributed by atoms with van der Waals surface area (Å²) in [5, 5.41) is 3.58. The number of amides is 1. The van der Waals surface area contributed by atoms with E-state index in [1.165, 1.54) is 32.4 Å². The quantitative estimate of drug-likeness (QED) is 0.646. The van der Waals surface area contributed by atoms with E-state index in [0.717, 1.165) is 25.1 Å².